The van der Waals surface area contributed by atoms with Gasteiger partial charge in [0.05, 0.1) is 6.61 Å². The Labute approximate surface area is 241 Å². The fourth-order valence-electron chi connectivity index (χ4n) is 4.44. The molecule has 0 bridgehead atoms. The molecule has 0 aliphatic rings. The Bertz CT molecular complexity index is 724. The summed E-state index contributed by atoms with van der Waals surface area (Å²) in [7, 11) is -0.855. The van der Waals surface area contributed by atoms with Crippen LogP contribution < -0.4 is 0 Å². The summed E-state index contributed by atoms with van der Waals surface area (Å²) in [5.41, 5.74) is 1.41. The third-order valence-electron chi connectivity index (χ3n) is 6.75. The van der Waals surface area contributed by atoms with Crippen LogP contribution in [-0.2, 0) is 14.1 Å². The zero-order valence-corrected chi connectivity index (χ0v) is 26.2. The second-order valence-electron chi connectivity index (χ2n) is 10.1. The third kappa shape index (κ3) is 15.9. The summed E-state index contributed by atoms with van der Waals surface area (Å²) in [4.78, 5) is 11.0. The number of rotatable bonds is 26. The SMILES string of the molecule is CCCCCCCCCCCCSC(CCC)C(CSCCCOCC(O)(P=O)C(=O)O)c1ccccc1. The lowest BCUT2D eigenvalue weighted by atomic mass is 9.95. The number of carboxylic acid groups (broad SMARTS) is 1. The largest absolute Gasteiger partial charge is 0.478 e. The molecule has 218 valence electrons. The topological polar surface area (TPSA) is 83.8 Å². The van der Waals surface area contributed by atoms with E-state index in [9.17, 15) is 14.5 Å². The Morgan fingerprint density at radius 2 is 1.55 bits per heavy atom. The molecule has 38 heavy (non-hydrogen) atoms. The maximum atomic E-state index is 11.0. The maximum Gasteiger partial charge on any atom is 0.350 e. The minimum atomic E-state index is -2.36. The highest BCUT2D eigenvalue weighted by Gasteiger charge is 2.37. The second kappa shape index (κ2) is 23.1. The van der Waals surface area contributed by atoms with Gasteiger partial charge in [-0.3, -0.25) is 4.57 Å². The average Bonchev–Trinajstić information content (AvgIpc) is 2.93. The van der Waals surface area contributed by atoms with Gasteiger partial charge in [-0.1, -0.05) is 108 Å². The molecule has 8 heteroatoms. The van der Waals surface area contributed by atoms with Crippen LogP contribution in [0.25, 0.3) is 0 Å². The Balaban J connectivity index is 2.41. The minimum Gasteiger partial charge on any atom is -0.478 e. The van der Waals surface area contributed by atoms with Crippen LogP contribution in [0.5, 0.6) is 0 Å². The van der Waals surface area contributed by atoms with Crippen LogP contribution in [0.15, 0.2) is 30.3 Å². The normalized spacial score (nSPS) is 14.8. The monoisotopic (exact) mass is 586 g/mol. The van der Waals surface area contributed by atoms with Gasteiger partial charge in [0.2, 0.25) is 8.46 Å². The Morgan fingerprint density at radius 3 is 2.13 bits per heavy atom. The van der Waals surface area contributed by atoms with E-state index in [1.807, 2.05) is 11.8 Å². The van der Waals surface area contributed by atoms with Crippen molar-refractivity contribution in [2.45, 2.75) is 114 Å². The Hall–Kier alpha value is -0.590. The molecule has 0 amide bonds. The second-order valence-corrected chi connectivity index (χ2v) is 13.5. The van der Waals surface area contributed by atoms with Crippen LogP contribution in [0.3, 0.4) is 0 Å². The molecule has 0 aromatic heterocycles. The molecule has 1 aromatic carbocycles. The van der Waals surface area contributed by atoms with Crippen LogP contribution >= 0.6 is 32.0 Å². The molecular weight excluding hydrogens is 535 g/mol. The van der Waals surface area contributed by atoms with E-state index >= 15 is 0 Å². The molecule has 2 N–H and O–H groups in total. The molecule has 0 heterocycles. The summed E-state index contributed by atoms with van der Waals surface area (Å²) in [5.74, 6) is 2.12. The first-order chi connectivity index (χ1) is 18.5. The molecule has 0 spiro atoms. The van der Waals surface area contributed by atoms with Crippen LogP contribution in [0.2, 0.25) is 0 Å². The lowest BCUT2D eigenvalue weighted by Crippen LogP contribution is -2.37. The van der Waals surface area contributed by atoms with Gasteiger partial charge in [0.15, 0.2) is 0 Å². The van der Waals surface area contributed by atoms with Crippen molar-refractivity contribution in [1.82, 2.24) is 0 Å². The molecule has 1 aromatic rings. The predicted octanol–water partition coefficient (Wildman–Crippen LogP) is 8.80. The standard InChI is InChI=1S/C30H51O5PS2/c1-3-5-6-7-8-9-10-11-12-16-23-38-28(18-4-2)27(26-19-14-13-15-20-26)24-37-22-17-21-35-25-30(33,36-34)29(31)32/h13-15,19-20,27-28,33H,3-12,16-18,21-25H2,1-2H3,(H,31,32). The van der Waals surface area contributed by atoms with E-state index in [-0.39, 0.29) is 0 Å². The molecule has 3 atom stereocenters. The Kier molecular flexibility index (Phi) is 21.6. The van der Waals surface area contributed by atoms with Crippen molar-refractivity contribution in [3.63, 3.8) is 0 Å². The van der Waals surface area contributed by atoms with Crippen LogP contribution in [-0.4, -0.2) is 57.2 Å². The van der Waals surface area contributed by atoms with Gasteiger partial charge >= 0.3 is 5.97 Å². The molecule has 0 fully saturated rings. The number of hydrogen-bond donors (Lipinski definition) is 2. The Morgan fingerprint density at radius 1 is 0.921 bits per heavy atom. The van der Waals surface area contributed by atoms with Gasteiger partial charge in [-0.15, -0.1) is 0 Å². The van der Waals surface area contributed by atoms with Crippen molar-refractivity contribution in [1.29, 1.82) is 0 Å². The minimum absolute atomic E-state index is 0.333. The molecular formula is C30H51O5PS2. The highest BCUT2D eigenvalue weighted by Crippen LogP contribution is 2.35. The number of ether oxygens (including phenoxy) is 1. The van der Waals surface area contributed by atoms with Gasteiger partial charge in [-0.25, -0.2) is 4.79 Å². The van der Waals surface area contributed by atoms with E-state index in [4.69, 9.17) is 9.84 Å². The van der Waals surface area contributed by atoms with Gasteiger partial charge in [0.1, 0.15) is 0 Å². The zero-order chi connectivity index (χ0) is 27.9. The number of carboxylic acids is 1. The number of aliphatic carboxylic acids is 1. The van der Waals surface area contributed by atoms with Crippen LogP contribution in [0.4, 0.5) is 0 Å². The van der Waals surface area contributed by atoms with Crippen molar-refractivity contribution in [3.05, 3.63) is 35.9 Å². The predicted molar refractivity (Wildman–Crippen MR) is 165 cm³/mol. The fourth-order valence-corrected chi connectivity index (χ4v) is 7.52. The number of hydrogen-bond acceptors (Lipinski definition) is 6. The number of unbranched alkanes of at least 4 members (excludes halogenated alkanes) is 9. The lowest BCUT2D eigenvalue weighted by Gasteiger charge is -2.27. The van der Waals surface area contributed by atoms with Gasteiger partial charge < -0.3 is 14.9 Å². The van der Waals surface area contributed by atoms with E-state index in [1.165, 1.54) is 88.4 Å². The number of aliphatic hydroxyl groups is 1. The van der Waals surface area contributed by atoms with E-state index in [0.29, 0.717) is 17.8 Å². The molecule has 0 aliphatic heterocycles. The molecule has 0 aliphatic carbocycles. The smallest absolute Gasteiger partial charge is 0.350 e. The molecule has 5 nitrogen and oxygen atoms in total. The molecule has 1 rings (SSSR count). The van der Waals surface area contributed by atoms with Gasteiger partial charge in [-0.05, 0) is 36.3 Å². The summed E-state index contributed by atoms with van der Waals surface area (Å²) >= 11 is 4.06. The first-order valence-corrected chi connectivity index (χ1v) is 17.6. The van der Waals surface area contributed by atoms with Crippen molar-refractivity contribution in [2.24, 2.45) is 0 Å². The number of benzene rings is 1. The van der Waals surface area contributed by atoms with Crippen molar-refractivity contribution in [2.75, 3.05) is 30.5 Å². The van der Waals surface area contributed by atoms with E-state index in [0.717, 1.165) is 17.9 Å². The van der Waals surface area contributed by atoms with Gasteiger partial charge in [0, 0.05) is 23.5 Å². The average molecular weight is 587 g/mol. The summed E-state index contributed by atoms with van der Waals surface area (Å²) in [6.45, 7) is 4.41. The number of carbonyl (C=O) groups is 1. The molecule has 0 saturated heterocycles. The van der Waals surface area contributed by atoms with Gasteiger partial charge in [-0.2, -0.15) is 23.5 Å². The summed E-state index contributed by atoms with van der Waals surface area (Å²) in [6, 6.07) is 10.9. The molecule has 0 radical (unpaired) electrons. The summed E-state index contributed by atoms with van der Waals surface area (Å²) < 4.78 is 16.2. The first kappa shape index (κ1) is 35.4. The lowest BCUT2D eigenvalue weighted by molar-refractivity contribution is -0.154. The fraction of sp³-hybridized carbons (Fsp3) is 0.767. The van der Waals surface area contributed by atoms with Gasteiger partial charge in [0.25, 0.3) is 5.34 Å². The maximum absolute atomic E-state index is 11.0. The van der Waals surface area contributed by atoms with Crippen molar-refractivity contribution >= 4 is 38.0 Å². The quantitative estimate of drug-likeness (QED) is 0.0829. The first-order valence-electron chi connectivity index (χ1n) is 14.6. The van der Waals surface area contributed by atoms with E-state index in [1.54, 1.807) is 0 Å². The van der Waals surface area contributed by atoms with E-state index < -0.39 is 26.4 Å². The van der Waals surface area contributed by atoms with Crippen molar-refractivity contribution < 1.29 is 24.3 Å². The van der Waals surface area contributed by atoms with Crippen LogP contribution in [0, 0.1) is 0 Å². The summed E-state index contributed by atoms with van der Waals surface area (Å²) in [5, 5.41) is 16.9. The van der Waals surface area contributed by atoms with Crippen molar-refractivity contribution in [3.8, 4) is 0 Å². The highest BCUT2D eigenvalue weighted by molar-refractivity contribution is 8.00. The molecule has 3 unspecified atom stereocenters. The third-order valence-corrected chi connectivity index (χ3v) is 10.1. The highest BCUT2D eigenvalue weighted by atomic mass is 32.2. The zero-order valence-electron chi connectivity index (χ0n) is 23.7. The van der Waals surface area contributed by atoms with Crippen LogP contribution in [0.1, 0.15) is 109 Å². The molecule has 0 saturated carbocycles. The number of thioether (sulfide) groups is 2. The summed E-state index contributed by atoms with van der Waals surface area (Å²) in [6.07, 6.45) is 16.9. The van der Waals surface area contributed by atoms with E-state index in [2.05, 4.69) is 55.9 Å².